The molecule has 1 aromatic carbocycles. The quantitative estimate of drug-likeness (QED) is 0.111. The summed E-state index contributed by atoms with van der Waals surface area (Å²) in [5, 5.41) is 18.5. The van der Waals surface area contributed by atoms with Gasteiger partial charge in [-0.05, 0) is 66.9 Å². The Hall–Kier alpha value is -4.69. The number of piperazine rings is 1. The average Bonchev–Trinajstić information content (AvgIpc) is 3.58. The van der Waals surface area contributed by atoms with Crippen molar-refractivity contribution in [2.24, 2.45) is 5.41 Å². The van der Waals surface area contributed by atoms with Crippen molar-refractivity contribution in [2.75, 3.05) is 24.6 Å². The standard InChI is InChI=1S/C41H55FN8O4Si/c1-24(2)31-34(26(17-18-43-31)15-13-21-54-55(10,11)41(7,8)9)50-37-29(22-30(42)33(45-37)28-16-12-14-27-23-44-47-32(27)28)36(46-38(50)51)48-19-20-49(39(52)53)35(25(48)3)40(4,5)6/h12,14,16-18,22-25,35H,13,15,19-21H2,1-11H3,(H,44,47)(H,52,53). The van der Waals surface area contributed by atoms with Crippen LogP contribution in [0.15, 0.2) is 47.5 Å². The predicted octanol–water partition coefficient (Wildman–Crippen LogP) is 8.54. The van der Waals surface area contributed by atoms with Crippen LogP contribution in [0.2, 0.25) is 18.1 Å². The Balaban J connectivity index is 1.59. The first-order chi connectivity index (χ1) is 25.7. The third-order valence-corrected chi connectivity index (χ3v) is 16.0. The van der Waals surface area contributed by atoms with E-state index in [1.54, 1.807) is 18.5 Å². The molecule has 14 heteroatoms. The van der Waals surface area contributed by atoms with Gasteiger partial charge in [0.05, 0.1) is 34.5 Å². The van der Waals surface area contributed by atoms with E-state index in [1.165, 1.54) is 15.5 Å². The smallest absolute Gasteiger partial charge is 0.407 e. The lowest BCUT2D eigenvalue weighted by Crippen LogP contribution is -2.64. The lowest BCUT2D eigenvalue weighted by atomic mass is 9.80. The number of para-hydroxylation sites is 1. The minimum absolute atomic E-state index is 0.0586. The molecule has 1 amide bonds. The minimum Gasteiger partial charge on any atom is -0.465 e. The van der Waals surface area contributed by atoms with Crippen LogP contribution in [0.25, 0.3) is 38.9 Å². The maximum atomic E-state index is 16.7. The normalized spacial score (nSPS) is 17.2. The zero-order valence-corrected chi connectivity index (χ0v) is 35.0. The zero-order chi connectivity index (χ0) is 40.2. The van der Waals surface area contributed by atoms with Gasteiger partial charge in [0.25, 0.3) is 0 Å². The summed E-state index contributed by atoms with van der Waals surface area (Å²) in [4.78, 5) is 45.1. The Morgan fingerprint density at radius 1 is 1.11 bits per heavy atom. The van der Waals surface area contributed by atoms with Crippen LogP contribution in [0.4, 0.5) is 15.0 Å². The zero-order valence-electron chi connectivity index (χ0n) is 34.0. The minimum atomic E-state index is -1.98. The topological polar surface area (TPSA) is 142 Å². The van der Waals surface area contributed by atoms with Gasteiger partial charge in [-0.25, -0.2) is 23.5 Å². The van der Waals surface area contributed by atoms with Crippen molar-refractivity contribution in [1.82, 2.24) is 34.6 Å². The molecule has 5 aromatic rings. The number of halogens is 1. The molecule has 5 heterocycles. The highest BCUT2D eigenvalue weighted by Crippen LogP contribution is 2.39. The Morgan fingerprint density at radius 2 is 1.84 bits per heavy atom. The Labute approximate surface area is 323 Å². The fourth-order valence-electron chi connectivity index (χ4n) is 7.78. The molecule has 1 fully saturated rings. The van der Waals surface area contributed by atoms with Crippen LogP contribution in [-0.4, -0.2) is 85.9 Å². The van der Waals surface area contributed by atoms with E-state index in [0.29, 0.717) is 47.3 Å². The van der Waals surface area contributed by atoms with E-state index in [2.05, 4.69) is 44.1 Å². The number of carboxylic acid groups (broad SMARTS) is 1. The molecule has 0 spiro atoms. The molecule has 0 bridgehead atoms. The van der Waals surface area contributed by atoms with E-state index in [1.807, 2.05) is 64.6 Å². The number of amides is 1. The monoisotopic (exact) mass is 770 g/mol. The summed E-state index contributed by atoms with van der Waals surface area (Å²) in [5.74, 6) is -0.402. The number of pyridine rings is 2. The van der Waals surface area contributed by atoms with Gasteiger partial charge in [0.1, 0.15) is 17.3 Å². The maximum Gasteiger partial charge on any atom is 0.407 e. The van der Waals surface area contributed by atoms with E-state index >= 15 is 4.39 Å². The number of aryl methyl sites for hydroxylation is 1. The van der Waals surface area contributed by atoms with Gasteiger partial charge in [-0.15, -0.1) is 0 Å². The van der Waals surface area contributed by atoms with E-state index in [9.17, 15) is 14.7 Å². The number of hydrogen-bond acceptors (Lipinski definition) is 8. The van der Waals surface area contributed by atoms with Crippen LogP contribution in [0.5, 0.6) is 0 Å². The molecule has 2 atom stereocenters. The van der Waals surface area contributed by atoms with E-state index in [4.69, 9.17) is 19.4 Å². The van der Waals surface area contributed by atoms with Crippen LogP contribution in [0.1, 0.15) is 85.9 Å². The first-order valence-corrected chi connectivity index (χ1v) is 22.1. The molecule has 1 aliphatic rings. The number of rotatable bonds is 9. The first kappa shape index (κ1) is 40.0. The van der Waals surface area contributed by atoms with Crippen molar-refractivity contribution in [1.29, 1.82) is 0 Å². The number of nitrogens with zero attached hydrogens (tertiary/aromatic N) is 7. The highest BCUT2D eigenvalue weighted by Gasteiger charge is 2.44. The van der Waals surface area contributed by atoms with Gasteiger partial charge >= 0.3 is 11.8 Å². The molecule has 1 aliphatic heterocycles. The molecule has 0 saturated carbocycles. The van der Waals surface area contributed by atoms with Crippen LogP contribution in [0.3, 0.4) is 0 Å². The maximum absolute atomic E-state index is 16.7. The third-order valence-electron chi connectivity index (χ3n) is 11.5. The molecular weight excluding hydrogens is 716 g/mol. The Morgan fingerprint density at radius 3 is 2.49 bits per heavy atom. The summed E-state index contributed by atoms with van der Waals surface area (Å²) in [6.07, 6.45) is 3.75. The summed E-state index contributed by atoms with van der Waals surface area (Å²) in [6.45, 7) is 24.1. The second kappa shape index (κ2) is 14.8. The molecule has 2 N–H and O–H groups in total. The number of aromatic nitrogens is 6. The SMILES string of the molecule is CC(C)c1nccc(CCCO[Si](C)(C)C(C)(C)C)c1-n1c(=O)nc(N2CCN(C(=O)O)C(C(C)(C)C)C2C)c2cc(F)c(-c3cccc4cn[nH]c34)nc21. The number of aromatic amines is 1. The summed E-state index contributed by atoms with van der Waals surface area (Å²) in [6, 6.07) is 7.97. The summed E-state index contributed by atoms with van der Waals surface area (Å²) in [7, 11) is -1.98. The van der Waals surface area contributed by atoms with E-state index in [-0.39, 0.29) is 41.2 Å². The van der Waals surface area contributed by atoms with Gasteiger partial charge in [0, 0.05) is 42.9 Å². The van der Waals surface area contributed by atoms with Crippen LogP contribution in [-0.2, 0) is 10.8 Å². The summed E-state index contributed by atoms with van der Waals surface area (Å²) in [5.41, 5.74) is 2.54. The largest absolute Gasteiger partial charge is 0.465 e. The number of anilines is 1. The second-order valence-corrected chi connectivity index (χ2v) is 22.5. The summed E-state index contributed by atoms with van der Waals surface area (Å²) >= 11 is 0. The van der Waals surface area contributed by atoms with Gasteiger partial charge in [0.2, 0.25) is 0 Å². The number of hydrogen-bond donors (Lipinski definition) is 2. The van der Waals surface area contributed by atoms with Crippen molar-refractivity contribution in [3.05, 3.63) is 70.3 Å². The van der Waals surface area contributed by atoms with Crippen molar-refractivity contribution in [3.63, 3.8) is 0 Å². The molecule has 2 unspecified atom stereocenters. The fourth-order valence-corrected chi connectivity index (χ4v) is 8.86. The van der Waals surface area contributed by atoms with E-state index < -0.39 is 43.4 Å². The molecule has 0 radical (unpaired) electrons. The first-order valence-electron chi connectivity index (χ1n) is 19.2. The van der Waals surface area contributed by atoms with Crippen LogP contribution in [0, 0.1) is 11.2 Å². The molecule has 6 rings (SSSR count). The molecular formula is C41H55FN8O4Si. The van der Waals surface area contributed by atoms with Gasteiger partial charge in [0.15, 0.2) is 14.0 Å². The van der Waals surface area contributed by atoms with Gasteiger partial charge in [-0.3, -0.25) is 10.1 Å². The van der Waals surface area contributed by atoms with Crippen LogP contribution >= 0.6 is 0 Å². The van der Waals surface area contributed by atoms with E-state index in [0.717, 1.165) is 10.9 Å². The number of carbonyl (C=O) groups is 1. The number of fused-ring (bicyclic) bond motifs is 2. The number of benzene rings is 1. The van der Waals surface area contributed by atoms with Gasteiger partial charge in [-0.2, -0.15) is 10.1 Å². The van der Waals surface area contributed by atoms with Crippen molar-refractivity contribution < 1.29 is 18.7 Å². The Bertz CT molecular complexity index is 2290. The van der Waals surface area contributed by atoms with Crippen molar-refractivity contribution >= 4 is 42.2 Å². The van der Waals surface area contributed by atoms with Crippen LogP contribution < -0.4 is 10.6 Å². The lowest BCUT2D eigenvalue weighted by Gasteiger charge is -2.51. The van der Waals surface area contributed by atoms with Crippen molar-refractivity contribution in [2.45, 2.75) is 111 Å². The second-order valence-electron chi connectivity index (χ2n) is 17.7. The molecule has 55 heavy (non-hydrogen) atoms. The molecule has 4 aromatic heterocycles. The fraction of sp³-hybridized carbons (Fsp3) is 0.512. The third kappa shape index (κ3) is 7.50. The molecule has 294 valence electrons. The van der Waals surface area contributed by atoms with Gasteiger partial charge < -0.3 is 19.3 Å². The summed E-state index contributed by atoms with van der Waals surface area (Å²) < 4.78 is 24.7. The number of H-pyrrole nitrogens is 1. The predicted molar refractivity (Wildman–Crippen MR) is 218 cm³/mol. The molecule has 1 saturated heterocycles. The Kier molecular flexibility index (Phi) is 10.7. The average molecular weight is 771 g/mol. The lowest BCUT2D eigenvalue weighted by molar-refractivity contribution is 0.0562. The highest BCUT2D eigenvalue weighted by molar-refractivity contribution is 6.74. The molecule has 0 aliphatic carbocycles. The highest BCUT2D eigenvalue weighted by atomic mass is 28.4. The van der Waals surface area contributed by atoms with Crippen molar-refractivity contribution in [3.8, 4) is 16.9 Å². The molecule has 12 nitrogen and oxygen atoms in total. The van der Waals surface area contributed by atoms with Gasteiger partial charge in [-0.1, -0.05) is 73.6 Å². The number of nitrogens with one attached hydrogen (secondary N) is 1.